The van der Waals surface area contributed by atoms with Gasteiger partial charge in [0.25, 0.3) is 0 Å². The average molecular weight is 272 g/mol. The van der Waals surface area contributed by atoms with Crippen molar-refractivity contribution in [2.45, 2.75) is 53.1 Å². The summed E-state index contributed by atoms with van der Waals surface area (Å²) in [7, 11) is 0. The molecule has 0 saturated heterocycles. The van der Waals surface area contributed by atoms with Gasteiger partial charge in [0.15, 0.2) is 0 Å². The van der Waals surface area contributed by atoms with E-state index >= 15 is 0 Å². The van der Waals surface area contributed by atoms with E-state index in [0.717, 1.165) is 24.4 Å². The largest absolute Gasteiger partial charge is 0.379 e. The normalized spacial score (nSPS) is 27.9. The first-order chi connectivity index (χ1) is 9.15. The lowest BCUT2D eigenvalue weighted by molar-refractivity contribution is -0.0619. The summed E-state index contributed by atoms with van der Waals surface area (Å²) in [6, 6.07) is 0. The summed E-state index contributed by atoms with van der Waals surface area (Å²) in [5.41, 5.74) is 0. The molecule has 0 aliphatic heterocycles. The van der Waals surface area contributed by atoms with Crippen molar-refractivity contribution in [3.63, 3.8) is 0 Å². The summed E-state index contributed by atoms with van der Waals surface area (Å²) < 4.78 is 16.8. The van der Waals surface area contributed by atoms with Crippen LogP contribution in [0.2, 0.25) is 0 Å². The van der Waals surface area contributed by atoms with Crippen LogP contribution in [0.3, 0.4) is 0 Å². The second-order valence-corrected chi connectivity index (χ2v) is 6.04. The Morgan fingerprint density at radius 1 is 1.00 bits per heavy atom. The van der Waals surface area contributed by atoms with Crippen molar-refractivity contribution < 1.29 is 14.2 Å². The molecule has 0 aromatic rings. The van der Waals surface area contributed by atoms with Gasteiger partial charge < -0.3 is 14.2 Å². The maximum Gasteiger partial charge on any atom is 0.0704 e. The number of hydrogen-bond donors (Lipinski definition) is 0. The van der Waals surface area contributed by atoms with E-state index in [0.29, 0.717) is 32.5 Å². The number of hydrogen-bond acceptors (Lipinski definition) is 3. The molecule has 3 unspecified atom stereocenters. The Balaban J connectivity index is 2.14. The van der Waals surface area contributed by atoms with E-state index in [1.165, 1.54) is 19.3 Å². The van der Waals surface area contributed by atoms with Crippen LogP contribution in [0.15, 0.2) is 0 Å². The molecule has 0 heterocycles. The number of ether oxygens (including phenoxy) is 3. The fourth-order valence-corrected chi connectivity index (χ4v) is 2.93. The molecule has 3 atom stereocenters. The molecule has 1 rings (SSSR count). The standard InChI is InChI=1S/C16H32O3/c1-5-17-8-9-18-10-11-19-16-12-14(4)6-7-15(16)13(2)3/h13-16H,5-12H2,1-4H3. The molecule has 0 spiro atoms. The maximum absolute atomic E-state index is 6.07. The van der Waals surface area contributed by atoms with Gasteiger partial charge in [0, 0.05) is 6.61 Å². The van der Waals surface area contributed by atoms with Crippen molar-refractivity contribution in [2.24, 2.45) is 17.8 Å². The topological polar surface area (TPSA) is 27.7 Å². The lowest BCUT2D eigenvalue weighted by Gasteiger charge is -2.37. The Morgan fingerprint density at radius 2 is 1.68 bits per heavy atom. The first-order valence-corrected chi connectivity index (χ1v) is 7.92. The van der Waals surface area contributed by atoms with Crippen LogP contribution in [0.1, 0.15) is 47.0 Å². The third-order valence-corrected chi connectivity index (χ3v) is 4.10. The molecule has 1 saturated carbocycles. The van der Waals surface area contributed by atoms with Crippen LogP contribution in [-0.2, 0) is 14.2 Å². The van der Waals surface area contributed by atoms with Crippen molar-refractivity contribution >= 4 is 0 Å². The molecular formula is C16H32O3. The lowest BCUT2D eigenvalue weighted by atomic mass is 9.75. The summed E-state index contributed by atoms with van der Waals surface area (Å²) in [5, 5.41) is 0. The number of rotatable bonds is 9. The van der Waals surface area contributed by atoms with Crippen molar-refractivity contribution in [3.8, 4) is 0 Å². The van der Waals surface area contributed by atoms with Crippen LogP contribution in [-0.4, -0.2) is 39.1 Å². The van der Waals surface area contributed by atoms with Gasteiger partial charge in [-0.05, 0) is 37.5 Å². The second kappa shape index (κ2) is 9.73. The molecular weight excluding hydrogens is 240 g/mol. The quantitative estimate of drug-likeness (QED) is 0.601. The minimum atomic E-state index is 0.430. The highest BCUT2D eigenvalue weighted by Gasteiger charge is 2.31. The van der Waals surface area contributed by atoms with Crippen molar-refractivity contribution in [3.05, 3.63) is 0 Å². The van der Waals surface area contributed by atoms with E-state index < -0.39 is 0 Å². The molecule has 0 aromatic heterocycles. The zero-order valence-corrected chi connectivity index (χ0v) is 13.2. The van der Waals surface area contributed by atoms with Gasteiger partial charge >= 0.3 is 0 Å². The maximum atomic E-state index is 6.07. The van der Waals surface area contributed by atoms with E-state index in [1.807, 2.05) is 6.92 Å². The summed E-state index contributed by atoms with van der Waals surface area (Å²) in [6.45, 7) is 12.5. The average Bonchev–Trinajstić information content (AvgIpc) is 2.37. The van der Waals surface area contributed by atoms with Crippen molar-refractivity contribution in [1.82, 2.24) is 0 Å². The van der Waals surface area contributed by atoms with Crippen LogP contribution in [0, 0.1) is 17.8 Å². The third-order valence-electron chi connectivity index (χ3n) is 4.10. The smallest absolute Gasteiger partial charge is 0.0704 e. The molecule has 0 radical (unpaired) electrons. The second-order valence-electron chi connectivity index (χ2n) is 6.04. The van der Waals surface area contributed by atoms with Gasteiger partial charge in [-0.15, -0.1) is 0 Å². The van der Waals surface area contributed by atoms with Crippen LogP contribution in [0.25, 0.3) is 0 Å². The Hall–Kier alpha value is -0.120. The van der Waals surface area contributed by atoms with Gasteiger partial charge in [-0.25, -0.2) is 0 Å². The zero-order chi connectivity index (χ0) is 14.1. The van der Waals surface area contributed by atoms with Crippen LogP contribution in [0.4, 0.5) is 0 Å². The fraction of sp³-hybridized carbons (Fsp3) is 1.00. The van der Waals surface area contributed by atoms with E-state index in [1.54, 1.807) is 0 Å². The minimum Gasteiger partial charge on any atom is -0.379 e. The Morgan fingerprint density at radius 3 is 2.37 bits per heavy atom. The lowest BCUT2D eigenvalue weighted by Crippen LogP contribution is -2.35. The molecule has 1 fully saturated rings. The van der Waals surface area contributed by atoms with Gasteiger partial charge in [0.2, 0.25) is 0 Å². The summed E-state index contributed by atoms with van der Waals surface area (Å²) in [4.78, 5) is 0. The predicted octanol–water partition coefficient (Wildman–Crippen LogP) is 3.52. The third kappa shape index (κ3) is 6.73. The van der Waals surface area contributed by atoms with Gasteiger partial charge in [0.05, 0.1) is 32.5 Å². The summed E-state index contributed by atoms with van der Waals surface area (Å²) in [5.74, 6) is 2.25. The highest BCUT2D eigenvalue weighted by atomic mass is 16.5. The SMILES string of the molecule is CCOCCOCCOC1CC(C)CCC1C(C)C. The summed E-state index contributed by atoms with van der Waals surface area (Å²) in [6.07, 6.45) is 4.31. The van der Waals surface area contributed by atoms with Crippen LogP contribution in [0.5, 0.6) is 0 Å². The molecule has 1 aliphatic rings. The van der Waals surface area contributed by atoms with Crippen molar-refractivity contribution in [2.75, 3.05) is 33.0 Å². The zero-order valence-electron chi connectivity index (χ0n) is 13.2. The van der Waals surface area contributed by atoms with Gasteiger partial charge in [0.1, 0.15) is 0 Å². The fourth-order valence-electron chi connectivity index (χ4n) is 2.93. The molecule has 0 amide bonds. The molecule has 3 heteroatoms. The van der Waals surface area contributed by atoms with E-state index in [9.17, 15) is 0 Å². The highest BCUT2D eigenvalue weighted by molar-refractivity contribution is 4.81. The van der Waals surface area contributed by atoms with Crippen molar-refractivity contribution in [1.29, 1.82) is 0 Å². The first kappa shape index (κ1) is 16.9. The Labute approximate surface area is 119 Å². The van der Waals surface area contributed by atoms with E-state index in [4.69, 9.17) is 14.2 Å². The first-order valence-electron chi connectivity index (χ1n) is 7.92. The van der Waals surface area contributed by atoms with Gasteiger partial charge in [-0.3, -0.25) is 0 Å². The van der Waals surface area contributed by atoms with E-state index in [-0.39, 0.29) is 0 Å². The predicted molar refractivity (Wildman–Crippen MR) is 78.4 cm³/mol. The Bertz CT molecular complexity index is 218. The summed E-state index contributed by atoms with van der Waals surface area (Å²) >= 11 is 0. The molecule has 0 bridgehead atoms. The van der Waals surface area contributed by atoms with Crippen LogP contribution < -0.4 is 0 Å². The van der Waals surface area contributed by atoms with Gasteiger partial charge in [-0.2, -0.15) is 0 Å². The molecule has 0 N–H and O–H groups in total. The van der Waals surface area contributed by atoms with E-state index in [2.05, 4.69) is 20.8 Å². The molecule has 1 aliphatic carbocycles. The minimum absolute atomic E-state index is 0.430. The highest BCUT2D eigenvalue weighted by Crippen LogP contribution is 2.35. The Kier molecular flexibility index (Phi) is 8.67. The monoisotopic (exact) mass is 272 g/mol. The van der Waals surface area contributed by atoms with Gasteiger partial charge in [-0.1, -0.05) is 27.2 Å². The molecule has 114 valence electrons. The van der Waals surface area contributed by atoms with Crippen LogP contribution >= 0.6 is 0 Å². The molecule has 3 nitrogen and oxygen atoms in total. The molecule has 19 heavy (non-hydrogen) atoms. The molecule has 0 aromatic carbocycles.